The van der Waals surface area contributed by atoms with Crippen LogP contribution in [0, 0.1) is 12.3 Å². The Morgan fingerprint density at radius 2 is 1.86 bits per heavy atom. The lowest BCUT2D eigenvalue weighted by Gasteiger charge is -2.24. The molecule has 0 atom stereocenters. The molecule has 0 fully saturated rings. The maximum Gasteiger partial charge on any atom is 0.264 e. The molecule has 0 saturated heterocycles. The highest BCUT2D eigenvalue weighted by Crippen LogP contribution is 2.19. The molecule has 0 saturated carbocycles. The molecule has 124 valence electrons. The fraction of sp³-hybridized carbons (Fsp3) is 0.688. The molecule has 0 radical (unpaired) electrons. The van der Waals surface area contributed by atoms with Gasteiger partial charge < -0.3 is 15.4 Å². The van der Waals surface area contributed by atoms with Crippen molar-refractivity contribution in [2.75, 3.05) is 13.2 Å². The molecular formula is C16H27N3O3. The molecule has 1 rings (SSSR count). The molecule has 0 bridgehead atoms. The van der Waals surface area contributed by atoms with Gasteiger partial charge in [0.1, 0.15) is 11.4 Å². The standard InChI is InChI=1S/C16H27N3O3/c1-10-11(12(21)17-9-16(5,6)7-8-20)13(22)19-14(18-10)15(2,3)4/h20H,7-9H2,1-6H3,(H,17,21)(H,18,19,22). The van der Waals surface area contributed by atoms with Gasteiger partial charge in [0.25, 0.3) is 11.5 Å². The SMILES string of the molecule is Cc1nc(C(C)(C)C)[nH]c(=O)c1C(=O)NCC(C)(C)CCO. The molecule has 6 nitrogen and oxygen atoms in total. The zero-order valence-corrected chi connectivity index (χ0v) is 14.3. The van der Waals surface area contributed by atoms with E-state index < -0.39 is 11.5 Å². The summed E-state index contributed by atoms with van der Waals surface area (Å²) in [6, 6.07) is 0. The Hall–Kier alpha value is -1.69. The highest BCUT2D eigenvalue weighted by molar-refractivity contribution is 5.94. The van der Waals surface area contributed by atoms with Gasteiger partial charge in [-0.2, -0.15) is 0 Å². The Kier molecular flexibility index (Phi) is 5.51. The van der Waals surface area contributed by atoms with Gasteiger partial charge in [-0.1, -0.05) is 34.6 Å². The van der Waals surface area contributed by atoms with Crippen molar-refractivity contribution in [3.8, 4) is 0 Å². The van der Waals surface area contributed by atoms with E-state index in [1.807, 2.05) is 34.6 Å². The van der Waals surface area contributed by atoms with E-state index in [1.54, 1.807) is 6.92 Å². The number of hydrogen-bond donors (Lipinski definition) is 3. The summed E-state index contributed by atoms with van der Waals surface area (Å²) in [7, 11) is 0. The van der Waals surface area contributed by atoms with E-state index in [0.29, 0.717) is 24.5 Å². The number of aromatic amines is 1. The predicted molar refractivity (Wildman–Crippen MR) is 86.1 cm³/mol. The van der Waals surface area contributed by atoms with Crippen LogP contribution in [0.4, 0.5) is 0 Å². The maximum absolute atomic E-state index is 12.3. The van der Waals surface area contributed by atoms with Crippen LogP contribution in [0.5, 0.6) is 0 Å². The first kappa shape index (κ1) is 18.4. The Balaban J connectivity index is 2.98. The number of aryl methyl sites for hydroxylation is 1. The van der Waals surface area contributed by atoms with Crippen LogP contribution in [0.1, 0.15) is 62.9 Å². The Bertz CT molecular complexity index is 598. The van der Waals surface area contributed by atoms with E-state index >= 15 is 0 Å². The van der Waals surface area contributed by atoms with Gasteiger partial charge in [0, 0.05) is 18.6 Å². The van der Waals surface area contributed by atoms with Crippen LogP contribution in [0.25, 0.3) is 0 Å². The van der Waals surface area contributed by atoms with E-state index in [0.717, 1.165) is 0 Å². The quantitative estimate of drug-likeness (QED) is 0.768. The maximum atomic E-state index is 12.3. The first-order valence-corrected chi connectivity index (χ1v) is 7.48. The Labute approximate surface area is 131 Å². The van der Waals surface area contributed by atoms with Crippen LogP contribution in [-0.2, 0) is 5.41 Å². The number of carbonyl (C=O) groups excluding carboxylic acids is 1. The van der Waals surface area contributed by atoms with Crippen LogP contribution in [-0.4, -0.2) is 34.1 Å². The third-order valence-electron chi connectivity index (χ3n) is 3.55. The number of H-pyrrole nitrogens is 1. The minimum absolute atomic E-state index is 0.0489. The van der Waals surface area contributed by atoms with Crippen molar-refractivity contribution in [2.24, 2.45) is 5.41 Å². The van der Waals surface area contributed by atoms with Crippen LogP contribution in [0.15, 0.2) is 4.79 Å². The van der Waals surface area contributed by atoms with E-state index in [2.05, 4.69) is 15.3 Å². The average molecular weight is 309 g/mol. The van der Waals surface area contributed by atoms with E-state index in [-0.39, 0.29) is 23.0 Å². The first-order valence-electron chi connectivity index (χ1n) is 7.48. The summed E-state index contributed by atoms with van der Waals surface area (Å²) >= 11 is 0. The van der Waals surface area contributed by atoms with E-state index in [9.17, 15) is 9.59 Å². The van der Waals surface area contributed by atoms with Gasteiger partial charge in [0.05, 0.1) is 5.69 Å². The Morgan fingerprint density at radius 1 is 1.27 bits per heavy atom. The summed E-state index contributed by atoms with van der Waals surface area (Å²) in [6.07, 6.45) is 0.573. The van der Waals surface area contributed by atoms with Crippen molar-refractivity contribution in [1.82, 2.24) is 15.3 Å². The number of aliphatic hydroxyl groups excluding tert-OH is 1. The Morgan fingerprint density at radius 3 is 2.32 bits per heavy atom. The second-order valence-electron chi connectivity index (χ2n) is 7.45. The molecule has 1 heterocycles. The molecule has 0 aromatic carbocycles. The molecule has 1 aromatic heterocycles. The number of amides is 1. The number of rotatable bonds is 5. The van der Waals surface area contributed by atoms with Gasteiger partial charge in [-0.3, -0.25) is 9.59 Å². The van der Waals surface area contributed by atoms with Crippen molar-refractivity contribution in [3.63, 3.8) is 0 Å². The molecule has 0 unspecified atom stereocenters. The largest absolute Gasteiger partial charge is 0.396 e. The van der Waals surface area contributed by atoms with Gasteiger partial charge in [-0.25, -0.2) is 4.98 Å². The van der Waals surface area contributed by atoms with Crippen LogP contribution >= 0.6 is 0 Å². The molecule has 1 aromatic rings. The van der Waals surface area contributed by atoms with E-state index in [1.165, 1.54) is 0 Å². The monoisotopic (exact) mass is 309 g/mol. The number of aliphatic hydroxyl groups is 1. The van der Waals surface area contributed by atoms with Crippen molar-refractivity contribution in [2.45, 2.75) is 53.4 Å². The van der Waals surface area contributed by atoms with Crippen molar-refractivity contribution in [3.05, 3.63) is 27.4 Å². The molecule has 22 heavy (non-hydrogen) atoms. The molecule has 0 aliphatic carbocycles. The lowest BCUT2D eigenvalue weighted by Crippen LogP contribution is -2.38. The fourth-order valence-electron chi connectivity index (χ4n) is 2.01. The number of hydrogen-bond acceptors (Lipinski definition) is 4. The van der Waals surface area contributed by atoms with E-state index in [4.69, 9.17) is 5.11 Å². The normalized spacial score (nSPS) is 12.3. The zero-order valence-electron chi connectivity index (χ0n) is 14.3. The van der Waals surface area contributed by atoms with Gasteiger partial charge in [0.2, 0.25) is 0 Å². The van der Waals surface area contributed by atoms with Crippen LogP contribution in [0.3, 0.4) is 0 Å². The summed E-state index contributed by atoms with van der Waals surface area (Å²) < 4.78 is 0. The minimum atomic E-state index is -0.433. The predicted octanol–water partition coefficient (Wildman–Crippen LogP) is 1.51. The van der Waals surface area contributed by atoms with Gasteiger partial charge >= 0.3 is 0 Å². The third kappa shape index (κ3) is 4.66. The number of carbonyl (C=O) groups is 1. The minimum Gasteiger partial charge on any atom is -0.396 e. The van der Waals surface area contributed by atoms with Crippen molar-refractivity contribution < 1.29 is 9.90 Å². The average Bonchev–Trinajstić information content (AvgIpc) is 2.34. The van der Waals surface area contributed by atoms with Gasteiger partial charge in [0.15, 0.2) is 0 Å². The molecule has 0 spiro atoms. The van der Waals surface area contributed by atoms with Gasteiger partial charge in [-0.15, -0.1) is 0 Å². The van der Waals surface area contributed by atoms with Crippen LogP contribution < -0.4 is 10.9 Å². The molecule has 6 heteroatoms. The van der Waals surface area contributed by atoms with Crippen molar-refractivity contribution >= 4 is 5.91 Å². The smallest absolute Gasteiger partial charge is 0.264 e. The highest BCUT2D eigenvalue weighted by atomic mass is 16.3. The van der Waals surface area contributed by atoms with Crippen LogP contribution in [0.2, 0.25) is 0 Å². The summed E-state index contributed by atoms with van der Waals surface area (Å²) in [5, 5.41) is 11.8. The molecule has 3 N–H and O–H groups in total. The molecule has 1 amide bonds. The first-order chi connectivity index (χ1) is 9.98. The zero-order chi connectivity index (χ0) is 17.1. The number of aromatic nitrogens is 2. The second-order valence-corrected chi connectivity index (χ2v) is 7.45. The topological polar surface area (TPSA) is 95.1 Å². The number of nitrogens with zero attached hydrogens (tertiary/aromatic N) is 1. The summed E-state index contributed by atoms with van der Waals surface area (Å²) in [5.41, 5.74) is -0.472. The summed E-state index contributed by atoms with van der Waals surface area (Å²) in [4.78, 5) is 31.5. The summed E-state index contributed by atoms with van der Waals surface area (Å²) in [6.45, 7) is 11.8. The highest BCUT2D eigenvalue weighted by Gasteiger charge is 2.24. The number of nitrogens with one attached hydrogen (secondary N) is 2. The lowest BCUT2D eigenvalue weighted by molar-refractivity contribution is 0.0925. The fourth-order valence-corrected chi connectivity index (χ4v) is 2.01. The van der Waals surface area contributed by atoms with Gasteiger partial charge in [-0.05, 0) is 18.8 Å². The second kappa shape index (κ2) is 6.60. The molecule has 0 aliphatic heterocycles. The van der Waals surface area contributed by atoms with Crippen molar-refractivity contribution in [1.29, 1.82) is 0 Å². The lowest BCUT2D eigenvalue weighted by atomic mass is 9.89. The summed E-state index contributed by atoms with van der Waals surface area (Å²) in [5.74, 6) is 0.130. The third-order valence-corrected chi connectivity index (χ3v) is 3.55. The molecular weight excluding hydrogens is 282 g/mol. The molecule has 0 aliphatic rings.